The van der Waals surface area contributed by atoms with Crippen LogP contribution >= 0.6 is 0 Å². The lowest BCUT2D eigenvalue weighted by Crippen LogP contribution is -2.44. The first-order valence-corrected chi connectivity index (χ1v) is 8.34. The Bertz CT molecular complexity index is 610. The minimum atomic E-state index is -0.522. The second-order valence-electron chi connectivity index (χ2n) is 6.90. The third-order valence-corrected chi connectivity index (χ3v) is 3.92. The summed E-state index contributed by atoms with van der Waals surface area (Å²) >= 11 is 0. The van der Waals surface area contributed by atoms with Crippen LogP contribution < -0.4 is 4.90 Å². The Morgan fingerprint density at radius 1 is 1.22 bits per heavy atom. The van der Waals surface area contributed by atoms with Gasteiger partial charge in [0.05, 0.1) is 5.69 Å². The van der Waals surface area contributed by atoms with E-state index in [0.717, 1.165) is 36.6 Å². The Kier molecular flexibility index (Phi) is 5.03. The molecule has 1 amide bonds. The second kappa shape index (κ2) is 6.65. The molecule has 0 radical (unpaired) electrons. The summed E-state index contributed by atoms with van der Waals surface area (Å²) in [6.07, 6.45) is 0.548. The van der Waals surface area contributed by atoms with Crippen molar-refractivity contribution in [2.24, 2.45) is 0 Å². The summed E-state index contributed by atoms with van der Waals surface area (Å²) in [6, 6.07) is 8.06. The lowest BCUT2D eigenvalue weighted by atomic mass is 9.99. The lowest BCUT2D eigenvalue weighted by molar-refractivity contribution is 0.0578. The Labute approximate surface area is 139 Å². The van der Waals surface area contributed by atoms with E-state index in [2.05, 4.69) is 31.7 Å². The maximum atomic E-state index is 12.9. The number of hydrogen-bond acceptors (Lipinski definition) is 3. The molecule has 0 N–H and O–H groups in total. The number of carbonyl (C=O) groups excluding carboxylic acids is 1. The van der Waals surface area contributed by atoms with Crippen LogP contribution in [0.3, 0.4) is 0 Å². The molecule has 4 nitrogen and oxygen atoms in total. The topological polar surface area (TPSA) is 32.8 Å². The highest BCUT2D eigenvalue weighted by atomic mass is 16.6. The molecule has 0 bridgehead atoms. The lowest BCUT2D eigenvalue weighted by Gasteiger charge is -2.39. The Hall–Kier alpha value is -1.97. The maximum Gasteiger partial charge on any atom is 0.420 e. The van der Waals surface area contributed by atoms with Gasteiger partial charge in [-0.3, -0.25) is 0 Å². The molecular weight excluding hydrogens is 288 g/mol. The molecule has 0 saturated carbocycles. The van der Waals surface area contributed by atoms with Crippen molar-refractivity contribution in [2.45, 2.75) is 53.6 Å². The number of allylic oxidation sites excluding steroid dienone is 1. The number of benzene rings is 1. The van der Waals surface area contributed by atoms with Crippen molar-refractivity contribution in [1.29, 1.82) is 0 Å². The average Bonchev–Trinajstić information content (AvgIpc) is 2.46. The molecule has 0 aliphatic carbocycles. The van der Waals surface area contributed by atoms with Gasteiger partial charge in [-0.25, -0.2) is 9.69 Å². The predicted molar refractivity (Wildman–Crippen MR) is 94.5 cm³/mol. The first kappa shape index (κ1) is 17.4. The quantitative estimate of drug-likeness (QED) is 0.819. The molecule has 1 aliphatic rings. The number of anilines is 1. The summed E-state index contributed by atoms with van der Waals surface area (Å²) in [5.41, 5.74) is 2.76. The van der Waals surface area contributed by atoms with Crippen LogP contribution in [0.2, 0.25) is 0 Å². The molecule has 1 aromatic rings. The van der Waals surface area contributed by atoms with Gasteiger partial charge in [-0.1, -0.05) is 18.2 Å². The number of amides is 1. The summed E-state index contributed by atoms with van der Waals surface area (Å²) in [5.74, 6) is 0.961. The Morgan fingerprint density at radius 3 is 2.39 bits per heavy atom. The van der Waals surface area contributed by atoms with Crippen LogP contribution in [0.1, 0.15) is 47.1 Å². The fourth-order valence-corrected chi connectivity index (χ4v) is 2.98. The first-order chi connectivity index (χ1) is 10.8. The van der Waals surface area contributed by atoms with Crippen LogP contribution in [0, 0.1) is 0 Å². The molecule has 0 spiro atoms. The van der Waals surface area contributed by atoms with E-state index in [1.54, 1.807) is 4.90 Å². The van der Waals surface area contributed by atoms with E-state index in [1.165, 1.54) is 5.57 Å². The molecule has 0 saturated heterocycles. The highest BCUT2D eigenvalue weighted by molar-refractivity contribution is 5.93. The normalized spacial score (nSPS) is 14.6. The number of fused-ring (bicyclic) bond motifs is 1. The number of carbonyl (C=O) groups is 1. The number of hydrogen-bond donors (Lipinski definition) is 0. The SMILES string of the molecule is CCN(CC)C1=C(C)Cc2ccccc2N1C(=O)OC(C)(C)C. The summed E-state index contributed by atoms with van der Waals surface area (Å²) in [6.45, 7) is 13.7. The zero-order chi connectivity index (χ0) is 17.2. The number of rotatable bonds is 3. The van der Waals surface area contributed by atoms with E-state index in [4.69, 9.17) is 4.74 Å². The van der Waals surface area contributed by atoms with Crippen LogP contribution in [0.4, 0.5) is 10.5 Å². The van der Waals surface area contributed by atoms with E-state index >= 15 is 0 Å². The van der Waals surface area contributed by atoms with Crippen LogP contribution in [-0.4, -0.2) is 29.7 Å². The second-order valence-corrected chi connectivity index (χ2v) is 6.90. The van der Waals surface area contributed by atoms with Crippen LogP contribution in [0.15, 0.2) is 35.7 Å². The van der Waals surface area contributed by atoms with Crippen molar-refractivity contribution in [3.8, 4) is 0 Å². The van der Waals surface area contributed by atoms with Crippen molar-refractivity contribution in [1.82, 2.24) is 4.90 Å². The molecule has 1 heterocycles. The fraction of sp³-hybridized carbons (Fsp3) is 0.526. The summed E-state index contributed by atoms with van der Waals surface area (Å²) < 4.78 is 5.68. The monoisotopic (exact) mass is 316 g/mol. The van der Waals surface area contributed by atoms with Gasteiger partial charge in [0.25, 0.3) is 0 Å². The smallest absolute Gasteiger partial charge is 0.420 e. The van der Waals surface area contributed by atoms with Crippen molar-refractivity contribution in [3.63, 3.8) is 0 Å². The third kappa shape index (κ3) is 3.69. The van der Waals surface area contributed by atoms with Gasteiger partial charge in [-0.15, -0.1) is 0 Å². The molecule has 0 unspecified atom stereocenters. The zero-order valence-electron chi connectivity index (χ0n) is 15.1. The molecule has 0 atom stereocenters. The van der Waals surface area contributed by atoms with Crippen molar-refractivity contribution in [2.75, 3.05) is 18.0 Å². The molecule has 4 heteroatoms. The highest BCUT2D eigenvalue weighted by Crippen LogP contribution is 2.35. The highest BCUT2D eigenvalue weighted by Gasteiger charge is 2.33. The van der Waals surface area contributed by atoms with Gasteiger partial charge in [-0.2, -0.15) is 0 Å². The molecule has 1 aromatic carbocycles. The van der Waals surface area contributed by atoms with Crippen molar-refractivity contribution in [3.05, 3.63) is 41.2 Å². The van der Waals surface area contributed by atoms with Gasteiger partial charge < -0.3 is 9.64 Å². The molecule has 0 aromatic heterocycles. The van der Waals surface area contributed by atoms with E-state index in [0.29, 0.717) is 0 Å². The maximum absolute atomic E-state index is 12.9. The van der Waals surface area contributed by atoms with Gasteiger partial charge in [0.15, 0.2) is 0 Å². The van der Waals surface area contributed by atoms with Crippen molar-refractivity contribution >= 4 is 11.8 Å². The van der Waals surface area contributed by atoms with Crippen molar-refractivity contribution < 1.29 is 9.53 Å². The summed E-state index contributed by atoms with van der Waals surface area (Å²) in [7, 11) is 0. The standard InChI is InChI=1S/C19H28N2O2/c1-7-20(8-2)17-14(3)13-15-11-9-10-12-16(15)21(17)18(22)23-19(4,5)6/h9-12H,7-8,13H2,1-6H3. The minimum Gasteiger partial charge on any atom is -0.443 e. The summed E-state index contributed by atoms with van der Waals surface area (Å²) in [5, 5.41) is 0. The molecule has 23 heavy (non-hydrogen) atoms. The number of ether oxygens (including phenoxy) is 1. The summed E-state index contributed by atoms with van der Waals surface area (Å²) in [4.78, 5) is 16.9. The molecular formula is C19H28N2O2. The van der Waals surface area contributed by atoms with Crippen LogP contribution in [0.25, 0.3) is 0 Å². The first-order valence-electron chi connectivity index (χ1n) is 8.34. The zero-order valence-corrected chi connectivity index (χ0v) is 15.1. The number of para-hydroxylation sites is 1. The third-order valence-electron chi connectivity index (χ3n) is 3.92. The van der Waals surface area contributed by atoms with E-state index in [1.807, 2.05) is 39.0 Å². The molecule has 0 fully saturated rings. The van der Waals surface area contributed by atoms with Gasteiger partial charge in [0.2, 0.25) is 0 Å². The van der Waals surface area contributed by atoms with E-state index in [-0.39, 0.29) is 6.09 Å². The fourth-order valence-electron chi connectivity index (χ4n) is 2.98. The van der Waals surface area contributed by atoms with Gasteiger partial charge in [0, 0.05) is 13.1 Å². The van der Waals surface area contributed by atoms with Crippen LogP contribution in [-0.2, 0) is 11.2 Å². The predicted octanol–water partition coefficient (Wildman–Crippen LogP) is 4.56. The van der Waals surface area contributed by atoms with E-state index < -0.39 is 5.60 Å². The molecule has 2 rings (SSSR count). The van der Waals surface area contributed by atoms with Crippen LogP contribution in [0.5, 0.6) is 0 Å². The minimum absolute atomic E-state index is 0.314. The molecule has 126 valence electrons. The molecule has 1 aliphatic heterocycles. The number of nitrogens with zero attached hydrogens (tertiary/aromatic N) is 2. The largest absolute Gasteiger partial charge is 0.443 e. The Morgan fingerprint density at radius 2 is 1.83 bits per heavy atom. The van der Waals surface area contributed by atoms with Gasteiger partial charge >= 0.3 is 6.09 Å². The average molecular weight is 316 g/mol. The Balaban J connectivity index is 2.52. The van der Waals surface area contributed by atoms with E-state index in [9.17, 15) is 4.79 Å². The van der Waals surface area contributed by atoms with Gasteiger partial charge in [0.1, 0.15) is 11.4 Å². The van der Waals surface area contributed by atoms with Gasteiger partial charge in [-0.05, 0) is 65.2 Å².